The lowest BCUT2D eigenvalue weighted by Gasteiger charge is -2.33. The molecule has 1 aromatic carbocycles. The first-order chi connectivity index (χ1) is 12.8. The predicted molar refractivity (Wildman–Crippen MR) is 96.9 cm³/mol. The lowest BCUT2D eigenvalue weighted by molar-refractivity contribution is 0.171. The fourth-order valence-electron chi connectivity index (χ4n) is 3.23. The van der Waals surface area contributed by atoms with Gasteiger partial charge in [0.15, 0.2) is 11.5 Å². The van der Waals surface area contributed by atoms with E-state index in [9.17, 15) is 4.79 Å². The zero-order chi connectivity index (χ0) is 17.8. The molecule has 1 atom stereocenters. The fraction of sp³-hybridized carbons (Fsp3) is 0.389. The number of amides is 2. The number of urea groups is 1. The van der Waals surface area contributed by atoms with E-state index in [1.807, 2.05) is 0 Å². The summed E-state index contributed by atoms with van der Waals surface area (Å²) in [4.78, 5) is 22.9. The topological polar surface area (TPSA) is 88.6 Å². The molecule has 2 aromatic rings. The summed E-state index contributed by atoms with van der Waals surface area (Å²) in [5.74, 6) is 2.20. The van der Waals surface area contributed by atoms with Crippen LogP contribution in [0.5, 0.6) is 11.5 Å². The maximum absolute atomic E-state index is 12.4. The number of carbonyl (C=O) groups excluding carboxylic acids is 1. The minimum atomic E-state index is -0.229. The van der Waals surface area contributed by atoms with E-state index in [0.29, 0.717) is 36.9 Å². The second kappa shape index (κ2) is 7.47. The van der Waals surface area contributed by atoms with Gasteiger partial charge in [0.25, 0.3) is 0 Å². The van der Waals surface area contributed by atoms with Gasteiger partial charge >= 0.3 is 6.03 Å². The number of hydrogen-bond donors (Lipinski definition) is 2. The SMILES string of the molecule is O=C(Nc1ccc2c(c1)OCCO2)N[C@H]1CCCN(c2cnccn2)C1. The molecule has 136 valence electrons. The van der Waals surface area contributed by atoms with Crippen LogP contribution in [0.25, 0.3) is 0 Å². The monoisotopic (exact) mass is 355 g/mol. The summed E-state index contributed by atoms with van der Waals surface area (Å²) >= 11 is 0. The molecule has 0 bridgehead atoms. The second-order valence-corrected chi connectivity index (χ2v) is 6.31. The van der Waals surface area contributed by atoms with Crippen molar-refractivity contribution in [3.05, 3.63) is 36.8 Å². The number of anilines is 2. The third-order valence-corrected chi connectivity index (χ3v) is 4.43. The Morgan fingerprint density at radius 3 is 2.92 bits per heavy atom. The average Bonchev–Trinajstić information content (AvgIpc) is 2.69. The Hall–Kier alpha value is -3.03. The van der Waals surface area contributed by atoms with Crippen molar-refractivity contribution in [3.63, 3.8) is 0 Å². The molecular weight excluding hydrogens is 334 g/mol. The van der Waals surface area contributed by atoms with E-state index in [0.717, 1.165) is 25.2 Å². The molecule has 1 saturated heterocycles. The largest absolute Gasteiger partial charge is 0.486 e. The number of ether oxygens (including phenoxy) is 2. The molecule has 0 spiro atoms. The molecule has 0 saturated carbocycles. The van der Waals surface area contributed by atoms with Crippen LogP contribution in [0.3, 0.4) is 0 Å². The summed E-state index contributed by atoms with van der Waals surface area (Å²) in [6.45, 7) is 2.70. The molecule has 2 N–H and O–H groups in total. The standard InChI is InChI=1S/C18H21N5O3/c24-18(21-13-3-4-15-16(10-13)26-9-8-25-15)22-14-2-1-7-23(12-14)17-11-19-5-6-20-17/h3-6,10-11,14H,1-2,7-9,12H2,(H2,21,22,24)/t14-/m0/s1. The minimum absolute atomic E-state index is 0.0583. The van der Waals surface area contributed by atoms with Crippen LogP contribution < -0.4 is 25.0 Å². The molecule has 0 unspecified atom stereocenters. The number of piperidine rings is 1. The maximum atomic E-state index is 12.4. The first kappa shape index (κ1) is 16.4. The molecule has 1 fully saturated rings. The molecule has 2 aliphatic rings. The molecule has 4 rings (SSSR count). The van der Waals surface area contributed by atoms with Crippen molar-refractivity contribution in [1.29, 1.82) is 0 Å². The number of rotatable bonds is 3. The van der Waals surface area contributed by atoms with Crippen molar-refractivity contribution in [1.82, 2.24) is 15.3 Å². The number of nitrogens with one attached hydrogen (secondary N) is 2. The van der Waals surface area contributed by atoms with E-state index in [-0.39, 0.29) is 12.1 Å². The van der Waals surface area contributed by atoms with E-state index in [2.05, 4.69) is 25.5 Å². The van der Waals surface area contributed by atoms with Gasteiger partial charge in [-0.2, -0.15) is 0 Å². The smallest absolute Gasteiger partial charge is 0.319 e. The highest BCUT2D eigenvalue weighted by Crippen LogP contribution is 2.32. The minimum Gasteiger partial charge on any atom is -0.486 e. The van der Waals surface area contributed by atoms with Crippen LogP contribution in [0.4, 0.5) is 16.3 Å². The first-order valence-electron chi connectivity index (χ1n) is 8.76. The molecule has 0 aliphatic carbocycles. The lowest BCUT2D eigenvalue weighted by Crippen LogP contribution is -2.49. The Balaban J connectivity index is 1.34. The van der Waals surface area contributed by atoms with Gasteiger partial charge < -0.3 is 25.0 Å². The van der Waals surface area contributed by atoms with Crippen molar-refractivity contribution >= 4 is 17.5 Å². The van der Waals surface area contributed by atoms with Crippen LogP contribution in [0.1, 0.15) is 12.8 Å². The van der Waals surface area contributed by atoms with Crippen LogP contribution in [0, 0.1) is 0 Å². The van der Waals surface area contributed by atoms with Crippen molar-refractivity contribution < 1.29 is 14.3 Å². The van der Waals surface area contributed by atoms with Gasteiger partial charge in [-0.15, -0.1) is 0 Å². The molecule has 26 heavy (non-hydrogen) atoms. The number of fused-ring (bicyclic) bond motifs is 1. The van der Waals surface area contributed by atoms with E-state index in [1.165, 1.54) is 0 Å². The van der Waals surface area contributed by atoms with Gasteiger partial charge in [0.05, 0.1) is 6.20 Å². The van der Waals surface area contributed by atoms with Gasteiger partial charge in [-0.25, -0.2) is 9.78 Å². The van der Waals surface area contributed by atoms with Gasteiger partial charge in [-0.1, -0.05) is 0 Å². The molecular formula is C18H21N5O3. The predicted octanol–water partition coefficient (Wildman–Crippen LogP) is 2.04. The maximum Gasteiger partial charge on any atom is 0.319 e. The number of benzene rings is 1. The summed E-state index contributed by atoms with van der Waals surface area (Å²) in [6.07, 6.45) is 7.01. The summed E-state index contributed by atoms with van der Waals surface area (Å²) in [5, 5.41) is 5.90. The highest BCUT2D eigenvalue weighted by molar-refractivity contribution is 5.90. The second-order valence-electron chi connectivity index (χ2n) is 6.31. The third kappa shape index (κ3) is 3.79. The highest BCUT2D eigenvalue weighted by Gasteiger charge is 2.22. The van der Waals surface area contributed by atoms with Crippen molar-refractivity contribution in [2.45, 2.75) is 18.9 Å². The highest BCUT2D eigenvalue weighted by atomic mass is 16.6. The van der Waals surface area contributed by atoms with Gasteiger partial charge in [0.1, 0.15) is 19.0 Å². The van der Waals surface area contributed by atoms with E-state index in [4.69, 9.17) is 9.47 Å². The Morgan fingerprint density at radius 1 is 1.19 bits per heavy atom. The summed E-state index contributed by atoms with van der Waals surface area (Å²) in [5.41, 5.74) is 0.674. The number of aromatic nitrogens is 2. The molecule has 3 heterocycles. The van der Waals surface area contributed by atoms with Crippen molar-refractivity contribution in [2.75, 3.05) is 36.5 Å². The summed E-state index contributed by atoms with van der Waals surface area (Å²) < 4.78 is 11.0. The van der Waals surface area contributed by atoms with Crippen molar-refractivity contribution in [2.24, 2.45) is 0 Å². The van der Waals surface area contributed by atoms with Crippen LogP contribution in [0.2, 0.25) is 0 Å². The van der Waals surface area contributed by atoms with Crippen molar-refractivity contribution in [3.8, 4) is 11.5 Å². The quantitative estimate of drug-likeness (QED) is 0.876. The Morgan fingerprint density at radius 2 is 2.08 bits per heavy atom. The number of carbonyl (C=O) groups is 1. The zero-order valence-electron chi connectivity index (χ0n) is 14.4. The van der Waals surface area contributed by atoms with Gasteiger partial charge in [-0.3, -0.25) is 4.98 Å². The Kier molecular flexibility index (Phi) is 4.72. The lowest BCUT2D eigenvalue weighted by atomic mass is 10.1. The van der Waals surface area contributed by atoms with Crippen LogP contribution in [-0.2, 0) is 0 Å². The normalized spacial score (nSPS) is 18.9. The first-order valence-corrected chi connectivity index (χ1v) is 8.76. The Bertz CT molecular complexity index is 771. The van der Waals surface area contributed by atoms with E-state index < -0.39 is 0 Å². The average molecular weight is 355 g/mol. The van der Waals surface area contributed by atoms with Gasteiger partial charge in [0, 0.05) is 43.3 Å². The zero-order valence-corrected chi connectivity index (χ0v) is 14.4. The Labute approximate surface area is 151 Å². The van der Waals surface area contributed by atoms with Gasteiger partial charge in [0.2, 0.25) is 0 Å². The number of nitrogens with zero attached hydrogens (tertiary/aromatic N) is 3. The molecule has 2 amide bonds. The number of hydrogen-bond acceptors (Lipinski definition) is 6. The van der Waals surface area contributed by atoms with E-state index in [1.54, 1.807) is 36.8 Å². The summed E-state index contributed by atoms with van der Waals surface area (Å²) in [7, 11) is 0. The van der Waals surface area contributed by atoms with E-state index >= 15 is 0 Å². The van der Waals surface area contributed by atoms with Crippen LogP contribution in [-0.4, -0.2) is 48.3 Å². The fourth-order valence-corrected chi connectivity index (χ4v) is 3.23. The molecule has 2 aliphatic heterocycles. The molecule has 8 heteroatoms. The summed E-state index contributed by atoms with van der Waals surface area (Å²) in [6, 6.07) is 5.22. The third-order valence-electron chi connectivity index (χ3n) is 4.43. The molecule has 8 nitrogen and oxygen atoms in total. The molecule has 0 radical (unpaired) electrons. The van der Waals surface area contributed by atoms with Crippen LogP contribution >= 0.6 is 0 Å². The van der Waals surface area contributed by atoms with Crippen LogP contribution in [0.15, 0.2) is 36.8 Å². The molecule has 1 aromatic heterocycles. The van der Waals surface area contributed by atoms with Gasteiger partial charge in [-0.05, 0) is 25.0 Å².